The van der Waals surface area contributed by atoms with Crippen molar-refractivity contribution in [2.45, 2.75) is 174 Å². The maximum Gasteiger partial charge on any atom is 0.251 e. The van der Waals surface area contributed by atoms with Gasteiger partial charge in [-0.2, -0.15) is 0 Å². The summed E-state index contributed by atoms with van der Waals surface area (Å²) in [5, 5.41) is 12.5. The van der Waals surface area contributed by atoms with Crippen molar-refractivity contribution in [1.29, 1.82) is 0 Å². The number of hydrogen-bond acceptors (Lipinski definition) is 9. The molecule has 2 saturated heterocycles. The lowest BCUT2D eigenvalue weighted by Crippen LogP contribution is -2.56. The van der Waals surface area contributed by atoms with Gasteiger partial charge in [0.2, 0.25) is 29.5 Å². The van der Waals surface area contributed by atoms with Crippen molar-refractivity contribution >= 4 is 47.1 Å². The maximum atomic E-state index is 15.0. The van der Waals surface area contributed by atoms with E-state index in [0.717, 1.165) is 75.3 Å². The monoisotopic (exact) mass is 1100 g/mol. The van der Waals surface area contributed by atoms with Gasteiger partial charge in [0.25, 0.3) is 11.8 Å². The molecule has 3 aromatic carbocycles. The number of benzene rings is 3. The van der Waals surface area contributed by atoms with Crippen LogP contribution in [0.5, 0.6) is 0 Å². The van der Waals surface area contributed by atoms with Crippen LogP contribution in [0.3, 0.4) is 0 Å². The second-order valence-corrected chi connectivity index (χ2v) is 23.5. The first-order valence-electron chi connectivity index (χ1n) is 29.9. The van der Waals surface area contributed by atoms with Crippen molar-refractivity contribution in [2.24, 2.45) is 23.7 Å². The van der Waals surface area contributed by atoms with E-state index in [2.05, 4.69) is 21.3 Å². The highest BCUT2D eigenvalue weighted by atomic mass is 16.2. The minimum Gasteiger partial charge on any atom is -0.347 e. The molecule has 0 spiro atoms. The molecule has 0 radical (unpaired) electrons. The van der Waals surface area contributed by atoms with Crippen molar-refractivity contribution in [3.8, 4) is 0 Å². The van der Waals surface area contributed by atoms with Crippen molar-refractivity contribution in [1.82, 2.24) is 40.9 Å². The van der Waals surface area contributed by atoms with Gasteiger partial charge in [-0.05, 0) is 119 Å². The molecular formula is C64H90N8O8. The Morgan fingerprint density at radius 1 is 0.588 bits per heavy atom. The highest BCUT2D eigenvalue weighted by Gasteiger charge is 2.45. The third-order valence-corrected chi connectivity index (χ3v) is 17.9. The number of carbonyl (C=O) groups is 8. The topological polar surface area (TPSA) is 198 Å². The van der Waals surface area contributed by atoms with E-state index < -0.39 is 42.2 Å². The largest absolute Gasteiger partial charge is 0.347 e. The number of Topliss-reactive ketones (excluding diaryl/α,β-unsaturated/α-hetero) is 1. The standard InChI is InChI=1S/C64H90N8O8/c1-7-43(2)60(76)68-59(50-26-18-11-19-27-50)64(80)72-40-54(37-56(72)42-70(46(5)74)35-33-48-22-14-9-15-23-48)67-62(78)52-30-28-51(29-31-52)61(77)66-53-36-55(41-69(45(4)73)34-32-47-20-12-8-13-21-47)71(39-53)63(79)57(38-58(75)44(3)65-6)49-24-16-10-17-25-49/h8-9,12-15,20-23,28-31,43-44,49-50,53-57,59,65H,7,10-11,16-19,24-27,32-42H2,1-6H3,(H,66,77)(H,67,78)(H,68,76)/t43-,44+,53+,54+,55+,56+,57+,59+/m1/s1. The summed E-state index contributed by atoms with van der Waals surface area (Å²) in [6.07, 6.45) is 12.4. The van der Waals surface area contributed by atoms with Gasteiger partial charge < -0.3 is 40.9 Å². The van der Waals surface area contributed by atoms with Gasteiger partial charge in [0.05, 0.1) is 18.1 Å². The average Bonchev–Trinajstić information content (AvgIpc) is 4.10. The van der Waals surface area contributed by atoms with Gasteiger partial charge in [0.15, 0.2) is 0 Å². The summed E-state index contributed by atoms with van der Waals surface area (Å²) in [6, 6.07) is 23.5. The number of ketones is 1. The molecule has 0 aromatic heterocycles. The van der Waals surface area contributed by atoms with Crippen LogP contribution in [0, 0.1) is 23.7 Å². The predicted octanol–water partition coefficient (Wildman–Crippen LogP) is 7.14. The number of amides is 7. The Hall–Kier alpha value is -6.42. The van der Waals surface area contributed by atoms with E-state index >= 15 is 0 Å². The zero-order valence-corrected chi connectivity index (χ0v) is 48.5. The average molecular weight is 1100 g/mol. The number of carbonyl (C=O) groups excluding carboxylic acids is 8. The van der Waals surface area contributed by atoms with Crippen LogP contribution in [0.15, 0.2) is 84.9 Å². The molecule has 0 bridgehead atoms. The van der Waals surface area contributed by atoms with Crippen LogP contribution in [-0.4, -0.2) is 149 Å². The Morgan fingerprint density at radius 2 is 1.02 bits per heavy atom. The van der Waals surface area contributed by atoms with Gasteiger partial charge in [-0.25, -0.2) is 0 Å². The van der Waals surface area contributed by atoms with E-state index in [4.69, 9.17) is 0 Å². The number of nitrogens with zero attached hydrogens (tertiary/aromatic N) is 4. The Bertz CT molecular complexity index is 2380. The summed E-state index contributed by atoms with van der Waals surface area (Å²) >= 11 is 0. The summed E-state index contributed by atoms with van der Waals surface area (Å²) in [6.45, 7) is 10.6. The second-order valence-electron chi connectivity index (χ2n) is 23.5. The molecule has 3 aromatic rings. The molecule has 4 N–H and O–H groups in total. The first-order chi connectivity index (χ1) is 38.5. The number of hydrogen-bond donors (Lipinski definition) is 4. The van der Waals surface area contributed by atoms with Crippen LogP contribution in [0.1, 0.15) is 156 Å². The summed E-state index contributed by atoms with van der Waals surface area (Å²) in [5.74, 6) is -2.14. The van der Waals surface area contributed by atoms with E-state index in [1.807, 2.05) is 86.3 Å². The normalized spacial score (nSPS) is 21.2. The van der Waals surface area contributed by atoms with E-state index in [1.54, 1.807) is 52.9 Å². The molecule has 2 heterocycles. The first kappa shape index (κ1) is 61.2. The number of rotatable bonds is 25. The fraction of sp³-hybridized carbons (Fsp3) is 0.594. The van der Waals surface area contributed by atoms with Crippen LogP contribution in [-0.2, 0) is 41.6 Å². The lowest BCUT2D eigenvalue weighted by molar-refractivity contribution is -0.143. The zero-order chi connectivity index (χ0) is 57.3. The predicted molar refractivity (Wildman–Crippen MR) is 310 cm³/mol. The number of likely N-dealkylation sites (N-methyl/N-ethyl adjacent to an activating group) is 1. The minimum atomic E-state index is -0.720. The van der Waals surface area contributed by atoms with Crippen LogP contribution in [0.2, 0.25) is 0 Å². The van der Waals surface area contributed by atoms with Gasteiger partial charge in [-0.1, -0.05) is 113 Å². The summed E-state index contributed by atoms with van der Waals surface area (Å²) in [7, 11) is 1.74. The molecule has 8 atom stereocenters. The van der Waals surface area contributed by atoms with Gasteiger partial charge in [-0.15, -0.1) is 0 Å². The fourth-order valence-electron chi connectivity index (χ4n) is 12.6. The SMILES string of the molecule is CC[C@@H](C)C(=O)N[C@H](C(=O)N1C[C@@H](NC(=O)c2ccc(C(=O)N[C@H]3C[C@@H](CN(CCc4ccccc4)C(C)=O)N(C(=O)[C@@H](CC(=O)[C@H](C)NC)C4CCCCC4)C3)cc2)C[C@H]1CN(CCc1ccccc1)C(C)=O)C1CCCCC1. The van der Waals surface area contributed by atoms with Crippen LogP contribution in [0.25, 0.3) is 0 Å². The van der Waals surface area contributed by atoms with E-state index in [-0.39, 0.29) is 97.5 Å². The first-order valence-corrected chi connectivity index (χ1v) is 29.9. The van der Waals surface area contributed by atoms with Crippen molar-refractivity contribution in [3.05, 3.63) is 107 Å². The molecule has 16 heteroatoms. The highest BCUT2D eigenvalue weighted by Crippen LogP contribution is 2.36. The molecule has 2 saturated carbocycles. The molecule has 16 nitrogen and oxygen atoms in total. The number of likely N-dealkylation sites (tertiary alicyclic amines) is 2. The lowest BCUT2D eigenvalue weighted by atomic mass is 9.76. The molecule has 4 aliphatic rings. The highest BCUT2D eigenvalue weighted by molar-refractivity contribution is 5.98. The molecule has 7 rings (SSSR count). The minimum absolute atomic E-state index is 0.0137. The van der Waals surface area contributed by atoms with E-state index in [0.29, 0.717) is 56.3 Å². The molecule has 80 heavy (non-hydrogen) atoms. The van der Waals surface area contributed by atoms with Crippen LogP contribution in [0.4, 0.5) is 0 Å². The maximum absolute atomic E-state index is 15.0. The molecule has 2 aliphatic heterocycles. The van der Waals surface area contributed by atoms with Gasteiger partial charge in [-0.3, -0.25) is 38.4 Å². The van der Waals surface area contributed by atoms with Gasteiger partial charge in [0, 0.05) is 94.6 Å². The Morgan fingerprint density at radius 3 is 1.45 bits per heavy atom. The van der Waals surface area contributed by atoms with Crippen molar-refractivity contribution < 1.29 is 38.4 Å². The fourth-order valence-corrected chi connectivity index (χ4v) is 12.6. The quantitative estimate of drug-likeness (QED) is 0.0682. The van der Waals surface area contributed by atoms with Gasteiger partial charge >= 0.3 is 0 Å². The van der Waals surface area contributed by atoms with E-state index in [1.165, 1.54) is 6.92 Å². The smallest absolute Gasteiger partial charge is 0.251 e. The zero-order valence-electron chi connectivity index (χ0n) is 48.5. The number of nitrogens with one attached hydrogen (secondary N) is 4. The van der Waals surface area contributed by atoms with Gasteiger partial charge in [0.1, 0.15) is 11.8 Å². The third-order valence-electron chi connectivity index (χ3n) is 17.9. The molecule has 2 aliphatic carbocycles. The second kappa shape index (κ2) is 29.9. The van der Waals surface area contributed by atoms with Crippen LogP contribution < -0.4 is 21.3 Å². The molecule has 4 fully saturated rings. The Labute approximate surface area is 475 Å². The summed E-state index contributed by atoms with van der Waals surface area (Å²) < 4.78 is 0. The molecule has 7 amide bonds. The summed E-state index contributed by atoms with van der Waals surface area (Å²) in [5.41, 5.74) is 2.84. The van der Waals surface area contributed by atoms with Crippen LogP contribution >= 0.6 is 0 Å². The Balaban J connectivity index is 1.06. The van der Waals surface area contributed by atoms with E-state index in [9.17, 15) is 38.4 Å². The third kappa shape index (κ3) is 16.8. The lowest BCUT2D eigenvalue weighted by Gasteiger charge is -2.36. The summed E-state index contributed by atoms with van der Waals surface area (Å²) in [4.78, 5) is 119. The van der Waals surface area contributed by atoms with Crippen molar-refractivity contribution in [3.63, 3.8) is 0 Å². The van der Waals surface area contributed by atoms with Crippen molar-refractivity contribution in [2.75, 3.05) is 46.3 Å². The Kier molecular flexibility index (Phi) is 22.9. The molecular weight excluding hydrogens is 1010 g/mol. The molecule has 434 valence electrons. The molecule has 0 unspecified atom stereocenters.